The Morgan fingerprint density at radius 3 is 2.46 bits per heavy atom. The molecule has 1 aromatic heterocycles. The van der Waals surface area contributed by atoms with Gasteiger partial charge in [0.15, 0.2) is 0 Å². The van der Waals surface area contributed by atoms with Gasteiger partial charge in [0.1, 0.15) is 0 Å². The van der Waals surface area contributed by atoms with E-state index in [4.69, 9.17) is 0 Å². The molecular formula is C27H33N3O3S2. The summed E-state index contributed by atoms with van der Waals surface area (Å²) in [5.41, 5.74) is 4.22. The molecule has 0 radical (unpaired) electrons. The standard InChI is InChI=1S/C27H33N3O3S2/c1-3-4-5-21-6-11-26(12-7-21)35(32,33)29-24-9-8-22-14-16-30(17-15-23(22)18-24)19-25-10-13-27(34-25)28-20(2)31/h6-13,18,29H,3-5,14-17,19H2,1-2H3,(H,28,31). The predicted octanol–water partition coefficient (Wildman–Crippen LogP) is 5.45. The zero-order valence-electron chi connectivity index (χ0n) is 20.3. The highest BCUT2D eigenvalue weighted by molar-refractivity contribution is 7.92. The van der Waals surface area contributed by atoms with Crippen LogP contribution in [0.1, 0.15) is 48.3 Å². The van der Waals surface area contributed by atoms with Crippen molar-refractivity contribution >= 4 is 38.0 Å². The number of rotatable bonds is 9. The lowest BCUT2D eigenvalue weighted by Gasteiger charge is -2.18. The lowest BCUT2D eigenvalue weighted by Crippen LogP contribution is -2.25. The molecule has 35 heavy (non-hydrogen) atoms. The first-order valence-corrected chi connectivity index (χ1v) is 14.4. The largest absolute Gasteiger partial charge is 0.318 e. The second-order valence-corrected chi connectivity index (χ2v) is 11.9. The van der Waals surface area contributed by atoms with E-state index in [1.807, 2.05) is 36.4 Å². The van der Waals surface area contributed by atoms with E-state index in [9.17, 15) is 13.2 Å². The maximum atomic E-state index is 12.9. The van der Waals surface area contributed by atoms with Crippen LogP contribution in [-0.2, 0) is 40.6 Å². The topological polar surface area (TPSA) is 78.5 Å². The van der Waals surface area contributed by atoms with Gasteiger partial charge in [-0.15, -0.1) is 11.3 Å². The summed E-state index contributed by atoms with van der Waals surface area (Å²) >= 11 is 1.61. The number of fused-ring (bicyclic) bond motifs is 1. The van der Waals surface area contributed by atoms with Crippen LogP contribution in [0, 0.1) is 0 Å². The van der Waals surface area contributed by atoms with Gasteiger partial charge >= 0.3 is 0 Å². The maximum Gasteiger partial charge on any atom is 0.261 e. The van der Waals surface area contributed by atoms with E-state index >= 15 is 0 Å². The number of nitrogens with zero attached hydrogens (tertiary/aromatic N) is 1. The van der Waals surface area contributed by atoms with Crippen molar-refractivity contribution in [3.8, 4) is 0 Å². The lowest BCUT2D eigenvalue weighted by molar-refractivity contribution is -0.114. The van der Waals surface area contributed by atoms with Crippen LogP contribution in [0.25, 0.3) is 0 Å². The van der Waals surface area contributed by atoms with Crippen LogP contribution >= 0.6 is 11.3 Å². The van der Waals surface area contributed by atoms with Crippen LogP contribution in [0.5, 0.6) is 0 Å². The number of hydrogen-bond acceptors (Lipinski definition) is 5. The molecular weight excluding hydrogens is 478 g/mol. The number of nitrogens with one attached hydrogen (secondary N) is 2. The van der Waals surface area contributed by atoms with Gasteiger partial charge in [0.2, 0.25) is 5.91 Å². The van der Waals surface area contributed by atoms with E-state index in [1.165, 1.54) is 22.9 Å². The zero-order valence-corrected chi connectivity index (χ0v) is 22.0. The Morgan fingerprint density at radius 2 is 1.74 bits per heavy atom. The molecule has 0 bridgehead atoms. The smallest absolute Gasteiger partial charge is 0.261 e. The highest BCUT2D eigenvalue weighted by atomic mass is 32.2. The fourth-order valence-electron chi connectivity index (χ4n) is 4.35. The quantitative estimate of drug-likeness (QED) is 0.400. The summed E-state index contributed by atoms with van der Waals surface area (Å²) in [7, 11) is -3.63. The molecule has 3 aromatic rings. The number of thiophene rings is 1. The normalized spacial score (nSPS) is 14.2. The van der Waals surface area contributed by atoms with Crippen LogP contribution < -0.4 is 10.0 Å². The van der Waals surface area contributed by atoms with E-state index in [1.54, 1.807) is 23.5 Å². The minimum Gasteiger partial charge on any atom is -0.318 e. The van der Waals surface area contributed by atoms with Crippen molar-refractivity contribution in [3.05, 3.63) is 76.2 Å². The molecule has 0 aliphatic carbocycles. The predicted molar refractivity (Wildman–Crippen MR) is 144 cm³/mol. The molecule has 0 fully saturated rings. The first kappa shape index (κ1) is 25.4. The first-order valence-electron chi connectivity index (χ1n) is 12.1. The van der Waals surface area contributed by atoms with Crippen molar-refractivity contribution in [3.63, 3.8) is 0 Å². The number of amides is 1. The van der Waals surface area contributed by atoms with Crippen molar-refractivity contribution in [2.45, 2.75) is 57.4 Å². The highest BCUT2D eigenvalue weighted by Crippen LogP contribution is 2.26. The van der Waals surface area contributed by atoms with Gasteiger partial charge in [0.05, 0.1) is 9.90 Å². The summed E-state index contributed by atoms with van der Waals surface area (Å²) in [6, 6.07) is 17.1. The Labute approximate surface area is 212 Å². The molecule has 1 aliphatic heterocycles. The van der Waals surface area contributed by atoms with Gasteiger partial charge < -0.3 is 5.32 Å². The van der Waals surface area contributed by atoms with E-state index in [0.717, 1.165) is 62.3 Å². The minimum absolute atomic E-state index is 0.0564. The summed E-state index contributed by atoms with van der Waals surface area (Å²) < 4.78 is 28.6. The zero-order chi connectivity index (χ0) is 24.8. The Hall–Kier alpha value is -2.68. The van der Waals surface area contributed by atoms with E-state index in [0.29, 0.717) is 5.69 Å². The monoisotopic (exact) mass is 511 g/mol. The van der Waals surface area contributed by atoms with Gasteiger partial charge in [0, 0.05) is 37.1 Å². The van der Waals surface area contributed by atoms with Crippen molar-refractivity contribution in [2.24, 2.45) is 0 Å². The molecule has 2 N–H and O–H groups in total. The second kappa shape index (κ2) is 11.4. The van der Waals surface area contributed by atoms with Crippen molar-refractivity contribution in [1.29, 1.82) is 0 Å². The summed E-state index contributed by atoms with van der Waals surface area (Å²) in [6.45, 7) is 6.34. The van der Waals surface area contributed by atoms with Gasteiger partial charge in [-0.3, -0.25) is 14.4 Å². The fraction of sp³-hybridized carbons (Fsp3) is 0.370. The number of aryl methyl sites for hydroxylation is 1. The molecule has 1 aliphatic rings. The number of sulfonamides is 1. The average Bonchev–Trinajstić information content (AvgIpc) is 3.15. The molecule has 186 valence electrons. The van der Waals surface area contributed by atoms with Crippen LogP contribution in [0.3, 0.4) is 0 Å². The molecule has 0 unspecified atom stereocenters. The summed E-state index contributed by atoms with van der Waals surface area (Å²) in [5, 5.41) is 3.71. The van der Waals surface area contributed by atoms with Gasteiger partial charge in [-0.05, 0) is 78.8 Å². The van der Waals surface area contributed by atoms with E-state index in [2.05, 4.69) is 27.9 Å². The molecule has 0 saturated heterocycles. The van der Waals surface area contributed by atoms with E-state index < -0.39 is 10.0 Å². The van der Waals surface area contributed by atoms with Crippen molar-refractivity contribution in [2.75, 3.05) is 23.1 Å². The molecule has 2 heterocycles. The molecule has 0 atom stereocenters. The lowest BCUT2D eigenvalue weighted by atomic mass is 10.0. The molecule has 0 saturated carbocycles. The minimum atomic E-state index is -3.63. The Morgan fingerprint density at radius 1 is 1.00 bits per heavy atom. The van der Waals surface area contributed by atoms with Crippen LogP contribution in [-0.4, -0.2) is 32.3 Å². The number of benzene rings is 2. The maximum absolute atomic E-state index is 12.9. The van der Waals surface area contributed by atoms with Crippen molar-refractivity contribution < 1.29 is 13.2 Å². The number of carbonyl (C=O) groups excluding carboxylic acids is 1. The molecule has 6 nitrogen and oxygen atoms in total. The molecule has 8 heteroatoms. The number of carbonyl (C=O) groups is 1. The van der Waals surface area contributed by atoms with Crippen LogP contribution in [0.4, 0.5) is 10.7 Å². The van der Waals surface area contributed by atoms with Gasteiger partial charge in [-0.1, -0.05) is 31.5 Å². The third-order valence-electron chi connectivity index (χ3n) is 6.25. The van der Waals surface area contributed by atoms with Crippen LogP contribution in [0.15, 0.2) is 59.5 Å². The Balaban J connectivity index is 1.39. The Kier molecular flexibility index (Phi) is 8.26. The fourth-order valence-corrected chi connectivity index (χ4v) is 6.39. The number of hydrogen-bond donors (Lipinski definition) is 2. The van der Waals surface area contributed by atoms with Gasteiger partial charge in [-0.25, -0.2) is 8.42 Å². The average molecular weight is 512 g/mol. The second-order valence-electron chi connectivity index (χ2n) is 9.06. The number of anilines is 2. The molecule has 4 rings (SSSR count). The summed E-state index contributed by atoms with van der Waals surface area (Å²) in [6.07, 6.45) is 4.97. The van der Waals surface area contributed by atoms with Crippen LogP contribution in [0.2, 0.25) is 0 Å². The SMILES string of the molecule is CCCCc1ccc(S(=O)(=O)Nc2ccc3c(c2)CCN(Cc2ccc(NC(C)=O)s2)CC3)cc1. The third-order valence-corrected chi connectivity index (χ3v) is 8.63. The molecule has 0 spiro atoms. The summed E-state index contributed by atoms with van der Waals surface area (Å²) in [5.74, 6) is -0.0564. The summed E-state index contributed by atoms with van der Waals surface area (Å²) in [4.78, 5) is 15.2. The molecule has 2 aromatic carbocycles. The molecule has 1 amide bonds. The Bertz CT molecular complexity index is 1270. The van der Waals surface area contributed by atoms with Crippen molar-refractivity contribution in [1.82, 2.24) is 4.90 Å². The van der Waals surface area contributed by atoms with Gasteiger partial charge in [-0.2, -0.15) is 0 Å². The third kappa shape index (κ3) is 6.93. The van der Waals surface area contributed by atoms with Gasteiger partial charge in [0.25, 0.3) is 10.0 Å². The van der Waals surface area contributed by atoms with E-state index in [-0.39, 0.29) is 10.8 Å². The first-order chi connectivity index (χ1) is 16.8. The number of unbranched alkanes of at least 4 members (excludes halogenated alkanes) is 1. The highest BCUT2D eigenvalue weighted by Gasteiger charge is 2.18.